The van der Waals surface area contributed by atoms with E-state index < -0.39 is 11.0 Å². The van der Waals surface area contributed by atoms with E-state index in [1.165, 1.54) is 12.1 Å². The standard InChI is InChI=1S/C14H22N2O4/c1-14(2,3)20-10-13(17)9-15-8-11-5-4-6-12(7-11)16(18)19/h4-7,13,15,17H,8-10H2,1-3H3. The highest BCUT2D eigenvalue weighted by molar-refractivity contribution is 5.34. The van der Waals surface area contributed by atoms with Crippen LogP contribution in [0.4, 0.5) is 5.69 Å². The molecule has 1 unspecified atom stereocenters. The molecule has 0 saturated carbocycles. The van der Waals surface area contributed by atoms with E-state index >= 15 is 0 Å². The summed E-state index contributed by atoms with van der Waals surface area (Å²) in [6, 6.07) is 6.42. The minimum absolute atomic E-state index is 0.0703. The van der Waals surface area contributed by atoms with Gasteiger partial charge in [0.15, 0.2) is 0 Å². The summed E-state index contributed by atoms with van der Waals surface area (Å²) in [5.74, 6) is 0. The van der Waals surface area contributed by atoms with Crippen LogP contribution in [-0.2, 0) is 11.3 Å². The van der Waals surface area contributed by atoms with Crippen molar-refractivity contribution in [3.8, 4) is 0 Å². The van der Waals surface area contributed by atoms with Gasteiger partial charge in [0.25, 0.3) is 5.69 Å². The molecule has 6 nitrogen and oxygen atoms in total. The van der Waals surface area contributed by atoms with Crippen LogP contribution in [-0.4, -0.2) is 34.9 Å². The number of hydrogen-bond donors (Lipinski definition) is 2. The largest absolute Gasteiger partial charge is 0.389 e. The maximum Gasteiger partial charge on any atom is 0.269 e. The molecule has 1 atom stereocenters. The highest BCUT2D eigenvalue weighted by Gasteiger charge is 2.13. The van der Waals surface area contributed by atoms with E-state index in [-0.39, 0.29) is 17.9 Å². The zero-order valence-electron chi connectivity index (χ0n) is 12.1. The molecule has 0 aliphatic rings. The van der Waals surface area contributed by atoms with Crippen LogP contribution < -0.4 is 5.32 Å². The Morgan fingerprint density at radius 1 is 1.45 bits per heavy atom. The van der Waals surface area contributed by atoms with Crippen LogP contribution in [0.5, 0.6) is 0 Å². The van der Waals surface area contributed by atoms with E-state index in [9.17, 15) is 15.2 Å². The number of aliphatic hydroxyl groups excluding tert-OH is 1. The number of nitro benzene ring substituents is 1. The second-order valence-electron chi connectivity index (χ2n) is 5.64. The van der Waals surface area contributed by atoms with Gasteiger partial charge in [-0.2, -0.15) is 0 Å². The monoisotopic (exact) mass is 282 g/mol. The van der Waals surface area contributed by atoms with Crippen molar-refractivity contribution in [1.82, 2.24) is 5.32 Å². The summed E-state index contributed by atoms with van der Waals surface area (Å²) in [4.78, 5) is 10.2. The highest BCUT2D eigenvalue weighted by atomic mass is 16.6. The lowest BCUT2D eigenvalue weighted by Gasteiger charge is -2.22. The van der Waals surface area contributed by atoms with Gasteiger partial charge in [0, 0.05) is 25.2 Å². The molecule has 0 aliphatic heterocycles. The number of ether oxygens (including phenoxy) is 1. The molecule has 0 bridgehead atoms. The molecule has 0 fully saturated rings. The Bertz CT molecular complexity index is 443. The number of benzene rings is 1. The summed E-state index contributed by atoms with van der Waals surface area (Å²) in [7, 11) is 0. The number of aliphatic hydroxyl groups is 1. The predicted octanol–water partition coefficient (Wildman–Crippen LogP) is 1.86. The van der Waals surface area contributed by atoms with Crippen LogP contribution in [0, 0.1) is 10.1 Å². The molecule has 0 heterocycles. The van der Waals surface area contributed by atoms with Crippen LogP contribution in [0.2, 0.25) is 0 Å². The Kier molecular flexibility index (Phi) is 6.06. The first kappa shape index (κ1) is 16.6. The minimum Gasteiger partial charge on any atom is -0.389 e. The molecule has 0 amide bonds. The summed E-state index contributed by atoms with van der Waals surface area (Å²) < 4.78 is 5.47. The number of hydrogen-bond acceptors (Lipinski definition) is 5. The quantitative estimate of drug-likeness (QED) is 0.589. The molecule has 1 rings (SSSR count). The number of rotatable bonds is 7. The van der Waals surface area contributed by atoms with Crippen LogP contribution in [0.25, 0.3) is 0 Å². The lowest BCUT2D eigenvalue weighted by Crippen LogP contribution is -2.33. The topological polar surface area (TPSA) is 84.6 Å². The molecule has 0 spiro atoms. The first-order chi connectivity index (χ1) is 9.28. The Hall–Kier alpha value is -1.50. The van der Waals surface area contributed by atoms with Gasteiger partial charge in [-0.05, 0) is 26.3 Å². The number of nitrogens with one attached hydrogen (secondary N) is 1. The minimum atomic E-state index is -0.604. The van der Waals surface area contributed by atoms with Gasteiger partial charge in [-0.3, -0.25) is 10.1 Å². The van der Waals surface area contributed by atoms with Crippen LogP contribution in [0.1, 0.15) is 26.3 Å². The smallest absolute Gasteiger partial charge is 0.269 e. The third-order valence-electron chi connectivity index (χ3n) is 2.54. The molecule has 0 radical (unpaired) electrons. The summed E-state index contributed by atoms with van der Waals surface area (Å²) >= 11 is 0. The molecular formula is C14H22N2O4. The Morgan fingerprint density at radius 3 is 2.75 bits per heavy atom. The lowest BCUT2D eigenvalue weighted by atomic mass is 10.2. The van der Waals surface area contributed by atoms with E-state index in [0.29, 0.717) is 13.1 Å². The fourth-order valence-electron chi connectivity index (χ4n) is 1.57. The number of nitro groups is 1. The van der Waals surface area contributed by atoms with Crippen molar-refractivity contribution in [1.29, 1.82) is 0 Å². The summed E-state index contributed by atoms with van der Waals surface area (Å²) in [6.45, 7) is 6.88. The Morgan fingerprint density at radius 2 is 2.15 bits per heavy atom. The second-order valence-corrected chi connectivity index (χ2v) is 5.64. The fraction of sp³-hybridized carbons (Fsp3) is 0.571. The van der Waals surface area contributed by atoms with Crippen molar-refractivity contribution in [2.45, 2.75) is 39.0 Å². The summed E-state index contributed by atoms with van der Waals surface area (Å²) in [5, 5.41) is 23.4. The van der Waals surface area contributed by atoms with Crippen LogP contribution in [0.15, 0.2) is 24.3 Å². The average Bonchev–Trinajstić information content (AvgIpc) is 2.36. The lowest BCUT2D eigenvalue weighted by molar-refractivity contribution is -0.384. The molecule has 1 aromatic carbocycles. The SMILES string of the molecule is CC(C)(C)OCC(O)CNCc1cccc([N+](=O)[O-])c1. The number of nitrogens with zero attached hydrogens (tertiary/aromatic N) is 1. The van der Waals surface area contributed by atoms with Crippen LogP contribution >= 0.6 is 0 Å². The summed E-state index contributed by atoms with van der Waals surface area (Å²) in [5.41, 5.74) is 0.602. The molecule has 0 saturated heterocycles. The zero-order chi connectivity index (χ0) is 15.2. The van der Waals surface area contributed by atoms with Crippen molar-refractivity contribution in [2.75, 3.05) is 13.2 Å². The third-order valence-corrected chi connectivity index (χ3v) is 2.54. The molecule has 0 aromatic heterocycles. The van der Waals surface area contributed by atoms with Crippen molar-refractivity contribution in [3.63, 3.8) is 0 Å². The van der Waals surface area contributed by atoms with Gasteiger partial charge in [0.1, 0.15) is 0 Å². The average molecular weight is 282 g/mol. The van der Waals surface area contributed by atoms with E-state index in [0.717, 1.165) is 5.56 Å². The fourth-order valence-corrected chi connectivity index (χ4v) is 1.57. The van der Waals surface area contributed by atoms with E-state index in [1.807, 2.05) is 20.8 Å². The molecule has 112 valence electrons. The van der Waals surface area contributed by atoms with Gasteiger partial charge in [-0.25, -0.2) is 0 Å². The predicted molar refractivity (Wildman–Crippen MR) is 76.5 cm³/mol. The van der Waals surface area contributed by atoms with Crippen molar-refractivity contribution in [3.05, 3.63) is 39.9 Å². The Labute approximate surface area is 118 Å². The highest BCUT2D eigenvalue weighted by Crippen LogP contribution is 2.12. The van der Waals surface area contributed by atoms with Crippen molar-refractivity contribution in [2.24, 2.45) is 0 Å². The third kappa shape index (κ3) is 6.60. The first-order valence-corrected chi connectivity index (χ1v) is 6.54. The van der Waals surface area contributed by atoms with Gasteiger partial charge < -0.3 is 15.2 Å². The number of non-ortho nitro benzene ring substituents is 1. The Balaban J connectivity index is 2.33. The van der Waals surface area contributed by atoms with Gasteiger partial charge in [-0.1, -0.05) is 12.1 Å². The molecule has 6 heteroatoms. The van der Waals surface area contributed by atoms with Gasteiger partial charge >= 0.3 is 0 Å². The van der Waals surface area contributed by atoms with Gasteiger partial charge in [0.2, 0.25) is 0 Å². The van der Waals surface area contributed by atoms with Crippen molar-refractivity contribution < 1.29 is 14.8 Å². The molecule has 0 aliphatic carbocycles. The summed E-state index contributed by atoms with van der Waals surface area (Å²) in [6.07, 6.45) is -0.604. The molecule has 2 N–H and O–H groups in total. The maximum atomic E-state index is 10.6. The second kappa shape index (κ2) is 7.33. The van der Waals surface area contributed by atoms with Crippen molar-refractivity contribution >= 4 is 5.69 Å². The first-order valence-electron chi connectivity index (χ1n) is 6.54. The van der Waals surface area contributed by atoms with E-state index in [1.54, 1.807) is 12.1 Å². The normalized spacial score (nSPS) is 13.2. The van der Waals surface area contributed by atoms with Gasteiger partial charge in [-0.15, -0.1) is 0 Å². The van der Waals surface area contributed by atoms with Gasteiger partial charge in [0.05, 0.1) is 23.2 Å². The van der Waals surface area contributed by atoms with E-state index in [2.05, 4.69) is 5.32 Å². The molecular weight excluding hydrogens is 260 g/mol. The zero-order valence-corrected chi connectivity index (χ0v) is 12.1. The molecule has 1 aromatic rings. The molecule has 20 heavy (non-hydrogen) atoms. The maximum absolute atomic E-state index is 10.6. The van der Waals surface area contributed by atoms with Crippen LogP contribution in [0.3, 0.4) is 0 Å². The van der Waals surface area contributed by atoms with E-state index in [4.69, 9.17) is 4.74 Å².